The van der Waals surface area contributed by atoms with Crippen molar-refractivity contribution >= 4 is 11.9 Å². The first kappa shape index (κ1) is 11.5. The number of rotatable bonds is 4. The zero-order valence-corrected chi connectivity index (χ0v) is 9.22. The van der Waals surface area contributed by atoms with Crippen molar-refractivity contribution in [3.8, 4) is 0 Å². The van der Waals surface area contributed by atoms with Crippen molar-refractivity contribution in [3.63, 3.8) is 0 Å². The van der Waals surface area contributed by atoms with Gasteiger partial charge >= 0.3 is 5.97 Å². The van der Waals surface area contributed by atoms with Gasteiger partial charge in [-0.15, -0.1) is 0 Å². The Morgan fingerprint density at radius 3 is 3.18 bits per heavy atom. The summed E-state index contributed by atoms with van der Waals surface area (Å²) < 4.78 is 5.29. The number of hydrogen-bond donors (Lipinski definition) is 2. The summed E-state index contributed by atoms with van der Waals surface area (Å²) in [6.07, 6.45) is 4.44. The van der Waals surface area contributed by atoms with Gasteiger partial charge in [0.25, 0.3) is 0 Å². The third-order valence-electron chi connectivity index (χ3n) is 2.33. The summed E-state index contributed by atoms with van der Waals surface area (Å²) in [4.78, 5) is 18.5. The zero-order valence-electron chi connectivity index (χ0n) is 9.22. The molecule has 6 nitrogen and oxygen atoms in total. The standard InChI is InChI=1S/C11H13N3O3/c15-10(16)9-3-4-12-11(14-9)13-6-8-2-1-5-17-7-8/h2-4H,1,5-7H2,(H,15,16)(H,12,13,14). The average molecular weight is 235 g/mol. The first-order chi connectivity index (χ1) is 8.25. The number of aromatic nitrogens is 2. The number of aromatic carboxylic acids is 1. The first-order valence-corrected chi connectivity index (χ1v) is 5.31. The summed E-state index contributed by atoms with van der Waals surface area (Å²) >= 11 is 0. The Morgan fingerprint density at radius 1 is 1.59 bits per heavy atom. The molecule has 0 aliphatic carbocycles. The van der Waals surface area contributed by atoms with Gasteiger partial charge in [-0.2, -0.15) is 0 Å². The van der Waals surface area contributed by atoms with E-state index < -0.39 is 5.97 Å². The maximum absolute atomic E-state index is 10.7. The van der Waals surface area contributed by atoms with Crippen molar-refractivity contribution in [3.05, 3.63) is 29.6 Å². The van der Waals surface area contributed by atoms with Crippen molar-refractivity contribution in [2.75, 3.05) is 25.1 Å². The maximum Gasteiger partial charge on any atom is 0.354 e. The quantitative estimate of drug-likeness (QED) is 0.755. The van der Waals surface area contributed by atoms with Gasteiger partial charge in [-0.1, -0.05) is 6.08 Å². The fourth-order valence-corrected chi connectivity index (χ4v) is 1.49. The molecule has 0 unspecified atom stereocenters. The van der Waals surface area contributed by atoms with Crippen LogP contribution in [0.25, 0.3) is 0 Å². The lowest BCUT2D eigenvalue weighted by molar-refractivity contribution is 0.0690. The van der Waals surface area contributed by atoms with Crippen molar-refractivity contribution in [2.45, 2.75) is 6.42 Å². The lowest BCUT2D eigenvalue weighted by Crippen LogP contribution is -2.15. The molecule has 1 aliphatic rings. The van der Waals surface area contributed by atoms with Gasteiger partial charge in [0, 0.05) is 12.7 Å². The van der Waals surface area contributed by atoms with Crippen LogP contribution in [-0.4, -0.2) is 40.8 Å². The highest BCUT2D eigenvalue weighted by molar-refractivity contribution is 5.85. The number of carboxylic acid groups (broad SMARTS) is 1. The van der Waals surface area contributed by atoms with E-state index in [0.29, 0.717) is 19.1 Å². The third-order valence-corrected chi connectivity index (χ3v) is 2.33. The largest absolute Gasteiger partial charge is 0.477 e. The summed E-state index contributed by atoms with van der Waals surface area (Å²) in [6.45, 7) is 1.93. The molecule has 90 valence electrons. The first-order valence-electron chi connectivity index (χ1n) is 5.31. The molecular weight excluding hydrogens is 222 g/mol. The molecular formula is C11H13N3O3. The molecule has 0 radical (unpaired) electrons. The predicted octanol–water partition coefficient (Wildman–Crippen LogP) is 0.933. The van der Waals surface area contributed by atoms with Crippen LogP contribution in [0.3, 0.4) is 0 Å². The summed E-state index contributed by atoms with van der Waals surface area (Å²) in [5, 5.41) is 11.8. The Balaban J connectivity index is 1.96. The molecule has 0 amide bonds. The molecule has 1 aliphatic heterocycles. The Hall–Kier alpha value is -1.95. The monoisotopic (exact) mass is 235 g/mol. The van der Waals surface area contributed by atoms with E-state index in [1.165, 1.54) is 12.3 Å². The topological polar surface area (TPSA) is 84.3 Å². The van der Waals surface area contributed by atoms with Crippen molar-refractivity contribution in [1.82, 2.24) is 9.97 Å². The van der Waals surface area contributed by atoms with Crippen LogP contribution in [0.4, 0.5) is 5.95 Å². The highest BCUT2D eigenvalue weighted by atomic mass is 16.5. The maximum atomic E-state index is 10.7. The zero-order chi connectivity index (χ0) is 12.1. The van der Waals surface area contributed by atoms with Gasteiger partial charge in [0.2, 0.25) is 5.95 Å². The third kappa shape index (κ3) is 3.25. The number of nitrogens with one attached hydrogen (secondary N) is 1. The van der Waals surface area contributed by atoms with E-state index in [1.54, 1.807) is 0 Å². The van der Waals surface area contributed by atoms with Crippen molar-refractivity contribution < 1.29 is 14.6 Å². The van der Waals surface area contributed by atoms with Gasteiger partial charge in [-0.05, 0) is 18.1 Å². The van der Waals surface area contributed by atoms with Gasteiger partial charge in [0.15, 0.2) is 5.69 Å². The van der Waals surface area contributed by atoms with Crippen LogP contribution in [0.5, 0.6) is 0 Å². The van der Waals surface area contributed by atoms with Gasteiger partial charge in [-0.25, -0.2) is 14.8 Å². The fourth-order valence-electron chi connectivity index (χ4n) is 1.49. The SMILES string of the molecule is O=C(O)c1ccnc(NCC2=CCCOC2)n1. The van der Waals surface area contributed by atoms with E-state index in [1.807, 2.05) is 0 Å². The van der Waals surface area contributed by atoms with E-state index in [9.17, 15) is 4.79 Å². The number of carboxylic acids is 1. The van der Waals surface area contributed by atoms with Crippen LogP contribution in [-0.2, 0) is 4.74 Å². The predicted molar refractivity (Wildman–Crippen MR) is 61.0 cm³/mol. The second-order valence-corrected chi connectivity index (χ2v) is 3.63. The van der Waals surface area contributed by atoms with Crippen LogP contribution in [0.15, 0.2) is 23.9 Å². The van der Waals surface area contributed by atoms with Crippen molar-refractivity contribution in [2.24, 2.45) is 0 Å². The average Bonchev–Trinajstić information content (AvgIpc) is 2.38. The van der Waals surface area contributed by atoms with Gasteiger partial charge in [0.1, 0.15) is 0 Å². The van der Waals surface area contributed by atoms with Gasteiger partial charge in [0.05, 0.1) is 13.2 Å². The Morgan fingerprint density at radius 2 is 2.47 bits per heavy atom. The van der Waals surface area contributed by atoms with E-state index in [-0.39, 0.29) is 5.69 Å². The lowest BCUT2D eigenvalue weighted by Gasteiger charge is -2.14. The number of carbonyl (C=O) groups is 1. The fraction of sp³-hybridized carbons (Fsp3) is 0.364. The lowest BCUT2D eigenvalue weighted by atomic mass is 10.2. The molecule has 0 saturated carbocycles. The number of ether oxygens (including phenoxy) is 1. The molecule has 2 heterocycles. The van der Waals surface area contributed by atoms with Crippen LogP contribution in [0.1, 0.15) is 16.9 Å². The number of hydrogen-bond acceptors (Lipinski definition) is 5. The minimum atomic E-state index is -1.06. The molecule has 0 spiro atoms. The smallest absolute Gasteiger partial charge is 0.354 e. The minimum Gasteiger partial charge on any atom is -0.477 e. The molecule has 0 bridgehead atoms. The molecule has 0 fully saturated rings. The summed E-state index contributed by atoms with van der Waals surface area (Å²) in [7, 11) is 0. The van der Waals surface area contributed by atoms with Crippen LogP contribution >= 0.6 is 0 Å². The van der Waals surface area contributed by atoms with E-state index in [0.717, 1.165) is 18.6 Å². The molecule has 0 aromatic carbocycles. The number of nitrogens with zero attached hydrogens (tertiary/aromatic N) is 2. The van der Waals surface area contributed by atoms with E-state index >= 15 is 0 Å². The summed E-state index contributed by atoms with van der Waals surface area (Å²) in [5.41, 5.74) is 1.11. The van der Waals surface area contributed by atoms with Crippen LogP contribution in [0.2, 0.25) is 0 Å². The Labute approximate surface area is 98.3 Å². The highest BCUT2D eigenvalue weighted by Gasteiger charge is 2.07. The van der Waals surface area contributed by atoms with Gasteiger partial charge in [-0.3, -0.25) is 0 Å². The molecule has 6 heteroatoms. The highest BCUT2D eigenvalue weighted by Crippen LogP contribution is 2.07. The van der Waals surface area contributed by atoms with Crippen LogP contribution in [0, 0.1) is 0 Å². The van der Waals surface area contributed by atoms with Crippen molar-refractivity contribution in [1.29, 1.82) is 0 Å². The van der Waals surface area contributed by atoms with E-state index in [2.05, 4.69) is 21.4 Å². The van der Waals surface area contributed by atoms with E-state index in [4.69, 9.17) is 9.84 Å². The molecule has 17 heavy (non-hydrogen) atoms. The normalized spacial score (nSPS) is 15.2. The summed E-state index contributed by atoms with van der Waals surface area (Å²) in [5.74, 6) is -0.743. The molecule has 1 aromatic rings. The molecule has 0 saturated heterocycles. The minimum absolute atomic E-state index is 0.0172. The summed E-state index contributed by atoms with van der Waals surface area (Å²) in [6, 6.07) is 1.36. The van der Waals surface area contributed by atoms with Crippen LogP contribution < -0.4 is 5.32 Å². The number of anilines is 1. The molecule has 2 N–H and O–H groups in total. The molecule has 0 atom stereocenters. The second kappa shape index (κ2) is 5.40. The van der Waals surface area contributed by atoms with Gasteiger partial charge < -0.3 is 15.2 Å². The molecule has 1 aromatic heterocycles. The molecule has 2 rings (SSSR count). The second-order valence-electron chi connectivity index (χ2n) is 3.63. The Kier molecular flexibility index (Phi) is 3.66. The Bertz CT molecular complexity index is 445.